The molecule has 2 rings (SSSR count). The van der Waals surface area contributed by atoms with Crippen molar-refractivity contribution < 1.29 is 0 Å². The zero-order chi connectivity index (χ0) is 10.8. The molecule has 3 heteroatoms. The van der Waals surface area contributed by atoms with E-state index in [2.05, 4.69) is 24.9 Å². The van der Waals surface area contributed by atoms with Crippen LogP contribution in [0.1, 0.15) is 31.2 Å². The summed E-state index contributed by atoms with van der Waals surface area (Å²) >= 11 is 0. The number of aryl methyl sites for hydroxylation is 2. The molecular weight excluding hydrogens is 186 g/mol. The molecule has 2 N–H and O–H groups in total. The highest BCUT2D eigenvalue weighted by Gasteiger charge is 2.09. The molecule has 0 unspecified atom stereocenters. The number of fused-ring (bicyclic) bond motifs is 1. The third-order valence-electron chi connectivity index (χ3n) is 2.72. The van der Waals surface area contributed by atoms with E-state index in [4.69, 9.17) is 5.73 Å². The van der Waals surface area contributed by atoms with Crippen molar-refractivity contribution in [3.05, 3.63) is 29.6 Å². The summed E-state index contributed by atoms with van der Waals surface area (Å²) in [6.07, 6.45) is 3.29. The van der Waals surface area contributed by atoms with Crippen LogP contribution in [-0.2, 0) is 6.42 Å². The first kappa shape index (κ1) is 10.0. The smallest absolute Gasteiger partial charge is 0.138 e. The van der Waals surface area contributed by atoms with Crippen molar-refractivity contribution in [3.63, 3.8) is 0 Å². The summed E-state index contributed by atoms with van der Waals surface area (Å²) in [7, 11) is 0. The number of rotatable bonds is 3. The zero-order valence-corrected chi connectivity index (χ0v) is 9.33. The van der Waals surface area contributed by atoms with E-state index in [9.17, 15) is 0 Å². The Labute approximate surface area is 89.9 Å². The zero-order valence-electron chi connectivity index (χ0n) is 9.33. The van der Waals surface area contributed by atoms with Gasteiger partial charge in [0.1, 0.15) is 11.5 Å². The highest BCUT2D eigenvalue weighted by atomic mass is 15.1. The fourth-order valence-corrected chi connectivity index (χ4v) is 1.86. The van der Waals surface area contributed by atoms with Crippen molar-refractivity contribution in [2.45, 2.75) is 33.1 Å². The van der Waals surface area contributed by atoms with Gasteiger partial charge in [-0.3, -0.25) is 4.40 Å². The van der Waals surface area contributed by atoms with Crippen LogP contribution < -0.4 is 5.73 Å². The Bertz CT molecular complexity index is 471. The van der Waals surface area contributed by atoms with Crippen molar-refractivity contribution in [3.8, 4) is 0 Å². The quantitative estimate of drug-likeness (QED) is 0.833. The van der Waals surface area contributed by atoms with E-state index in [0.29, 0.717) is 0 Å². The summed E-state index contributed by atoms with van der Waals surface area (Å²) in [5, 5.41) is 0. The predicted molar refractivity (Wildman–Crippen MR) is 63.0 cm³/mol. The molecule has 0 aliphatic rings. The number of imidazole rings is 1. The summed E-state index contributed by atoms with van der Waals surface area (Å²) in [5.74, 6) is 0.802. The maximum Gasteiger partial charge on any atom is 0.138 e. The van der Waals surface area contributed by atoms with Gasteiger partial charge in [-0.25, -0.2) is 4.98 Å². The lowest BCUT2D eigenvalue weighted by atomic mass is 10.2. The third kappa shape index (κ3) is 1.69. The Hall–Kier alpha value is -1.51. The Morgan fingerprint density at radius 1 is 1.40 bits per heavy atom. The lowest BCUT2D eigenvalue weighted by Crippen LogP contribution is -1.98. The topological polar surface area (TPSA) is 43.3 Å². The van der Waals surface area contributed by atoms with E-state index in [1.54, 1.807) is 0 Å². The number of unbranched alkanes of at least 4 members (excludes halogenated alkanes) is 1. The molecule has 0 aliphatic heterocycles. The van der Waals surface area contributed by atoms with E-state index in [1.807, 2.05) is 16.5 Å². The minimum Gasteiger partial charge on any atom is -0.383 e. The molecule has 0 fully saturated rings. The number of pyridine rings is 1. The van der Waals surface area contributed by atoms with Crippen LogP contribution in [0, 0.1) is 6.92 Å². The van der Waals surface area contributed by atoms with Gasteiger partial charge in [-0.05, 0) is 31.9 Å². The molecule has 3 nitrogen and oxygen atoms in total. The summed E-state index contributed by atoms with van der Waals surface area (Å²) < 4.78 is 2.02. The fourth-order valence-electron chi connectivity index (χ4n) is 1.86. The van der Waals surface area contributed by atoms with Crippen LogP contribution in [0.2, 0.25) is 0 Å². The summed E-state index contributed by atoms with van der Waals surface area (Å²) in [4.78, 5) is 4.55. The van der Waals surface area contributed by atoms with Crippen LogP contribution in [0.5, 0.6) is 0 Å². The molecule has 0 saturated heterocycles. The number of hydrogen-bond donors (Lipinski definition) is 1. The normalized spacial score (nSPS) is 11.1. The molecule has 0 amide bonds. The number of aromatic nitrogens is 2. The van der Waals surface area contributed by atoms with Gasteiger partial charge >= 0.3 is 0 Å². The first-order valence-corrected chi connectivity index (χ1v) is 5.46. The monoisotopic (exact) mass is 203 g/mol. The molecule has 0 aliphatic carbocycles. The second-order valence-corrected chi connectivity index (χ2v) is 3.91. The SMILES string of the molecule is CCCCc1nc2cccc(C)n2c1N. The maximum absolute atomic E-state index is 6.08. The van der Waals surface area contributed by atoms with E-state index >= 15 is 0 Å². The molecule has 0 bridgehead atoms. The van der Waals surface area contributed by atoms with Gasteiger partial charge in [0.2, 0.25) is 0 Å². The molecule has 0 saturated carbocycles. The predicted octanol–water partition coefficient (Wildman–Crippen LogP) is 2.57. The van der Waals surface area contributed by atoms with Crippen LogP contribution in [0.4, 0.5) is 5.82 Å². The van der Waals surface area contributed by atoms with Gasteiger partial charge in [0, 0.05) is 5.69 Å². The largest absolute Gasteiger partial charge is 0.383 e. The van der Waals surface area contributed by atoms with Crippen molar-refractivity contribution in [1.29, 1.82) is 0 Å². The van der Waals surface area contributed by atoms with E-state index in [1.165, 1.54) is 6.42 Å². The maximum atomic E-state index is 6.08. The molecular formula is C12H17N3. The molecule has 15 heavy (non-hydrogen) atoms. The molecule has 0 radical (unpaired) electrons. The highest BCUT2D eigenvalue weighted by molar-refractivity contribution is 5.54. The van der Waals surface area contributed by atoms with Crippen LogP contribution >= 0.6 is 0 Å². The van der Waals surface area contributed by atoms with E-state index < -0.39 is 0 Å². The van der Waals surface area contributed by atoms with Gasteiger partial charge in [0.15, 0.2) is 0 Å². The number of nitrogens with zero attached hydrogens (tertiary/aromatic N) is 2. The van der Waals surface area contributed by atoms with Gasteiger partial charge in [-0.2, -0.15) is 0 Å². The second-order valence-electron chi connectivity index (χ2n) is 3.91. The van der Waals surface area contributed by atoms with Gasteiger partial charge in [-0.15, -0.1) is 0 Å². The Kier molecular flexibility index (Phi) is 2.62. The molecule has 2 aromatic rings. The van der Waals surface area contributed by atoms with Crippen molar-refractivity contribution in [1.82, 2.24) is 9.38 Å². The van der Waals surface area contributed by atoms with Gasteiger partial charge < -0.3 is 5.73 Å². The van der Waals surface area contributed by atoms with Gasteiger partial charge in [0.05, 0.1) is 5.69 Å². The van der Waals surface area contributed by atoms with Crippen molar-refractivity contribution in [2.24, 2.45) is 0 Å². The minimum absolute atomic E-state index is 0.802. The number of nitrogens with two attached hydrogens (primary N) is 1. The number of hydrogen-bond acceptors (Lipinski definition) is 2. The average Bonchev–Trinajstić information content (AvgIpc) is 2.54. The van der Waals surface area contributed by atoms with Crippen LogP contribution in [0.15, 0.2) is 18.2 Å². The van der Waals surface area contributed by atoms with Crippen LogP contribution in [0.3, 0.4) is 0 Å². The molecule has 0 atom stereocenters. The lowest BCUT2D eigenvalue weighted by Gasteiger charge is -2.01. The molecule has 0 aromatic carbocycles. The summed E-state index contributed by atoms with van der Waals surface area (Å²) in [6, 6.07) is 6.06. The van der Waals surface area contributed by atoms with E-state index in [-0.39, 0.29) is 0 Å². The standard InChI is InChI=1S/C12H17N3/c1-3-4-7-10-12(13)15-9(2)6-5-8-11(15)14-10/h5-6,8H,3-4,7,13H2,1-2H3. The molecule has 2 heterocycles. The fraction of sp³-hybridized carbons (Fsp3) is 0.417. The Balaban J connectivity index is 2.50. The number of nitrogen functional groups attached to an aromatic ring is 1. The lowest BCUT2D eigenvalue weighted by molar-refractivity contribution is 0.783. The van der Waals surface area contributed by atoms with Crippen molar-refractivity contribution in [2.75, 3.05) is 5.73 Å². The van der Waals surface area contributed by atoms with Crippen LogP contribution in [0.25, 0.3) is 5.65 Å². The first-order valence-electron chi connectivity index (χ1n) is 5.46. The molecule has 2 aromatic heterocycles. The summed E-state index contributed by atoms with van der Waals surface area (Å²) in [6.45, 7) is 4.23. The van der Waals surface area contributed by atoms with Gasteiger partial charge in [0.25, 0.3) is 0 Å². The number of anilines is 1. The average molecular weight is 203 g/mol. The first-order chi connectivity index (χ1) is 7.24. The van der Waals surface area contributed by atoms with Crippen molar-refractivity contribution >= 4 is 11.5 Å². The minimum atomic E-state index is 0.802. The second kappa shape index (κ2) is 3.93. The third-order valence-corrected chi connectivity index (χ3v) is 2.72. The molecule has 80 valence electrons. The van der Waals surface area contributed by atoms with Crippen LogP contribution in [-0.4, -0.2) is 9.38 Å². The Morgan fingerprint density at radius 2 is 2.20 bits per heavy atom. The summed E-state index contributed by atoms with van der Waals surface area (Å²) in [5.41, 5.74) is 9.21. The van der Waals surface area contributed by atoms with E-state index in [0.717, 1.165) is 35.7 Å². The highest BCUT2D eigenvalue weighted by Crippen LogP contribution is 2.18. The van der Waals surface area contributed by atoms with Gasteiger partial charge in [-0.1, -0.05) is 19.4 Å². The Morgan fingerprint density at radius 3 is 2.87 bits per heavy atom. The molecule has 0 spiro atoms.